The molecule has 0 aromatic rings. The molecule has 1 atom stereocenters. The van der Waals surface area contributed by atoms with Crippen LogP contribution in [-0.2, 0) is 9.53 Å². The van der Waals surface area contributed by atoms with Gasteiger partial charge < -0.3 is 10.5 Å². The van der Waals surface area contributed by atoms with Gasteiger partial charge in [0.25, 0.3) is 0 Å². The summed E-state index contributed by atoms with van der Waals surface area (Å²) in [7, 11) is 0. The Hall–Kier alpha value is -0.570. The quantitative estimate of drug-likeness (QED) is 0.706. The highest BCUT2D eigenvalue weighted by Gasteiger charge is 2.27. The van der Waals surface area contributed by atoms with Crippen LogP contribution in [0.3, 0.4) is 0 Å². The Labute approximate surface area is 86.0 Å². The number of carbonyl (C=O) groups excluding carboxylic acids is 1. The zero-order valence-electron chi connectivity index (χ0n) is 9.38. The predicted octanol–water partition coefficient (Wildman–Crippen LogP) is 1.85. The third kappa shape index (κ3) is 3.29. The van der Waals surface area contributed by atoms with Crippen LogP contribution in [0.2, 0.25) is 0 Å². The van der Waals surface area contributed by atoms with Gasteiger partial charge in [-0.15, -0.1) is 0 Å². The van der Waals surface area contributed by atoms with Gasteiger partial charge in [-0.2, -0.15) is 0 Å². The first kappa shape index (κ1) is 11.5. The molecule has 0 bridgehead atoms. The van der Waals surface area contributed by atoms with Crippen LogP contribution >= 0.6 is 0 Å². The van der Waals surface area contributed by atoms with Crippen LogP contribution in [-0.4, -0.2) is 18.1 Å². The van der Waals surface area contributed by atoms with Crippen molar-refractivity contribution in [2.75, 3.05) is 0 Å². The molecular formula is C11H21NO2. The second kappa shape index (κ2) is 4.30. The van der Waals surface area contributed by atoms with Gasteiger partial charge in [0, 0.05) is 6.04 Å². The van der Waals surface area contributed by atoms with E-state index in [1.54, 1.807) is 0 Å². The van der Waals surface area contributed by atoms with Crippen LogP contribution < -0.4 is 5.73 Å². The molecule has 0 radical (unpaired) electrons. The Kier molecular flexibility index (Phi) is 3.53. The number of carbonyl (C=O) groups is 1. The third-order valence-electron chi connectivity index (χ3n) is 2.85. The van der Waals surface area contributed by atoms with E-state index >= 15 is 0 Å². The van der Waals surface area contributed by atoms with Crippen molar-refractivity contribution >= 4 is 5.97 Å². The summed E-state index contributed by atoms with van der Waals surface area (Å²) in [6.07, 6.45) is 3.74. The van der Waals surface area contributed by atoms with Crippen LogP contribution in [0.4, 0.5) is 0 Å². The molecule has 1 aliphatic rings. The standard InChI is InChI=1S/C11H21NO2/c1-11(2,3)9(12)7-10(13)14-8-5-4-6-8/h8-9H,4-7,12H2,1-3H3. The van der Waals surface area contributed by atoms with Crippen molar-refractivity contribution < 1.29 is 9.53 Å². The van der Waals surface area contributed by atoms with E-state index in [1.807, 2.05) is 20.8 Å². The first-order valence-electron chi connectivity index (χ1n) is 5.34. The number of hydrogen-bond acceptors (Lipinski definition) is 3. The first-order chi connectivity index (χ1) is 6.39. The summed E-state index contributed by atoms with van der Waals surface area (Å²) in [5, 5.41) is 0. The number of rotatable bonds is 3. The van der Waals surface area contributed by atoms with Gasteiger partial charge in [-0.3, -0.25) is 4.79 Å². The lowest BCUT2D eigenvalue weighted by atomic mass is 9.85. The first-order valence-corrected chi connectivity index (χ1v) is 5.34. The van der Waals surface area contributed by atoms with E-state index in [0.29, 0.717) is 6.42 Å². The van der Waals surface area contributed by atoms with Gasteiger partial charge in [-0.05, 0) is 24.7 Å². The minimum absolute atomic E-state index is 0.0291. The van der Waals surface area contributed by atoms with Gasteiger partial charge in [0.15, 0.2) is 0 Å². The summed E-state index contributed by atoms with van der Waals surface area (Å²) in [5.74, 6) is -0.142. The zero-order chi connectivity index (χ0) is 10.8. The predicted molar refractivity (Wildman–Crippen MR) is 55.8 cm³/mol. The van der Waals surface area contributed by atoms with E-state index < -0.39 is 0 Å². The molecule has 1 rings (SSSR count). The molecule has 0 aliphatic heterocycles. The maximum atomic E-state index is 11.4. The minimum atomic E-state index is -0.142. The highest BCUT2D eigenvalue weighted by molar-refractivity contribution is 5.70. The molecule has 1 aliphatic carbocycles. The zero-order valence-corrected chi connectivity index (χ0v) is 9.38. The highest BCUT2D eigenvalue weighted by atomic mass is 16.5. The van der Waals surface area contributed by atoms with Crippen LogP contribution in [0.15, 0.2) is 0 Å². The normalized spacial score (nSPS) is 20.0. The van der Waals surface area contributed by atoms with Crippen molar-refractivity contribution in [1.82, 2.24) is 0 Å². The molecule has 1 fully saturated rings. The highest BCUT2D eigenvalue weighted by Crippen LogP contribution is 2.24. The summed E-state index contributed by atoms with van der Waals surface area (Å²) in [6, 6.07) is -0.116. The second-order valence-electron chi connectivity index (χ2n) is 5.22. The number of nitrogens with two attached hydrogens (primary N) is 1. The molecule has 0 spiro atoms. The monoisotopic (exact) mass is 199 g/mol. The van der Waals surface area contributed by atoms with Crippen LogP contribution in [0.25, 0.3) is 0 Å². The average Bonchev–Trinajstić information content (AvgIpc) is 1.95. The molecule has 0 aromatic carbocycles. The molecule has 0 heterocycles. The van der Waals surface area contributed by atoms with Gasteiger partial charge in [0.1, 0.15) is 6.10 Å². The topological polar surface area (TPSA) is 52.3 Å². The Balaban J connectivity index is 2.25. The van der Waals surface area contributed by atoms with Gasteiger partial charge in [-0.1, -0.05) is 20.8 Å². The number of esters is 1. The van der Waals surface area contributed by atoms with Crippen molar-refractivity contribution in [3.63, 3.8) is 0 Å². The van der Waals surface area contributed by atoms with Gasteiger partial charge in [-0.25, -0.2) is 0 Å². The largest absolute Gasteiger partial charge is 0.462 e. The molecule has 0 saturated heterocycles. The molecule has 14 heavy (non-hydrogen) atoms. The van der Waals surface area contributed by atoms with E-state index in [9.17, 15) is 4.79 Å². The van der Waals surface area contributed by atoms with Gasteiger partial charge in [0.2, 0.25) is 0 Å². The molecule has 0 aromatic heterocycles. The lowest BCUT2D eigenvalue weighted by molar-refractivity contribution is -0.153. The summed E-state index contributed by atoms with van der Waals surface area (Å²) in [5.41, 5.74) is 5.86. The second-order valence-corrected chi connectivity index (χ2v) is 5.22. The maximum absolute atomic E-state index is 11.4. The summed E-state index contributed by atoms with van der Waals surface area (Å²) >= 11 is 0. The summed E-state index contributed by atoms with van der Waals surface area (Å²) in [4.78, 5) is 11.4. The minimum Gasteiger partial charge on any atom is -0.462 e. The Morgan fingerprint density at radius 1 is 1.50 bits per heavy atom. The maximum Gasteiger partial charge on any atom is 0.307 e. The van der Waals surface area contributed by atoms with E-state index in [4.69, 9.17) is 10.5 Å². The lowest BCUT2D eigenvalue weighted by Gasteiger charge is -2.29. The van der Waals surface area contributed by atoms with Crippen molar-refractivity contribution in [2.45, 2.75) is 58.6 Å². The van der Waals surface area contributed by atoms with Crippen LogP contribution in [0.1, 0.15) is 46.5 Å². The van der Waals surface area contributed by atoms with E-state index in [1.165, 1.54) is 6.42 Å². The van der Waals surface area contributed by atoms with Gasteiger partial charge in [0.05, 0.1) is 6.42 Å². The molecule has 1 saturated carbocycles. The molecule has 1 unspecified atom stereocenters. The van der Waals surface area contributed by atoms with Crippen molar-refractivity contribution in [3.05, 3.63) is 0 Å². The van der Waals surface area contributed by atoms with Crippen LogP contribution in [0, 0.1) is 5.41 Å². The molecule has 82 valence electrons. The average molecular weight is 199 g/mol. The molecular weight excluding hydrogens is 178 g/mol. The Bertz CT molecular complexity index is 204. The number of ether oxygens (including phenoxy) is 1. The summed E-state index contributed by atoms with van der Waals surface area (Å²) < 4.78 is 5.23. The van der Waals surface area contributed by atoms with Gasteiger partial charge >= 0.3 is 5.97 Å². The van der Waals surface area contributed by atoms with Crippen molar-refractivity contribution in [3.8, 4) is 0 Å². The fourth-order valence-electron chi connectivity index (χ4n) is 1.21. The molecule has 3 nitrogen and oxygen atoms in total. The van der Waals surface area contributed by atoms with Crippen molar-refractivity contribution in [1.29, 1.82) is 0 Å². The van der Waals surface area contributed by atoms with E-state index in [2.05, 4.69) is 0 Å². The smallest absolute Gasteiger partial charge is 0.307 e. The Morgan fingerprint density at radius 2 is 2.07 bits per heavy atom. The van der Waals surface area contributed by atoms with E-state index in [-0.39, 0.29) is 23.5 Å². The number of hydrogen-bond donors (Lipinski definition) is 1. The van der Waals surface area contributed by atoms with Crippen LogP contribution in [0.5, 0.6) is 0 Å². The lowest BCUT2D eigenvalue weighted by Crippen LogP contribution is -2.38. The molecule has 3 heteroatoms. The SMILES string of the molecule is CC(C)(C)C(N)CC(=O)OC1CCC1. The molecule has 0 amide bonds. The fraction of sp³-hybridized carbons (Fsp3) is 0.909. The third-order valence-corrected chi connectivity index (χ3v) is 2.85. The van der Waals surface area contributed by atoms with E-state index in [0.717, 1.165) is 12.8 Å². The Morgan fingerprint density at radius 3 is 2.43 bits per heavy atom. The molecule has 2 N–H and O–H groups in total. The fourth-order valence-corrected chi connectivity index (χ4v) is 1.21. The summed E-state index contributed by atoms with van der Waals surface area (Å²) in [6.45, 7) is 6.11. The van der Waals surface area contributed by atoms with Crippen molar-refractivity contribution in [2.24, 2.45) is 11.1 Å².